The van der Waals surface area contributed by atoms with Crippen molar-refractivity contribution in [1.29, 1.82) is 0 Å². The number of likely N-dealkylation sites (N-methyl/N-ethyl adjacent to an activating group) is 2. The Hall–Kier alpha value is -1.68. The molecule has 2 N–H and O–H groups in total. The van der Waals surface area contributed by atoms with Gasteiger partial charge in [-0.15, -0.1) is 12.4 Å². The highest BCUT2D eigenvalue weighted by Gasteiger charge is 2.27. The molecule has 0 aliphatic carbocycles. The Labute approximate surface area is 166 Å². The van der Waals surface area contributed by atoms with Crippen LogP contribution >= 0.6 is 12.4 Å². The first-order valence-corrected chi connectivity index (χ1v) is 9.97. The number of halogens is 1. The largest absolute Gasteiger partial charge is 0.340 e. The van der Waals surface area contributed by atoms with Crippen LogP contribution in [0.5, 0.6) is 0 Å². The summed E-state index contributed by atoms with van der Waals surface area (Å²) < 4.78 is 26.4. The van der Waals surface area contributed by atoms with Gasteiger partial charge in [-0.05, 0) is 44.2 Å². The second-order valence-corrected chi connectivity index (χ2v) is 8.48. The van der Waals surface area contributed by atoms with Crippen LogP contribution in [-0.4, -0.2) is 69.2 Å². The Balaban J connectivity index is 0.00000364. The Morgan fingerprint density at radius 2 is 1.89 bits per heavy atom. The van der Waals surface area contributed by atoms with Gasteiger partial charge in [0, 0.05) is 38.8 Å². The third kappa shape index (κ3) is 6.17. The number of hydrogen-bond acceptors (Lipinski definition) is 5. The smallest absolute Gasteiger partial charge is 0.243 e. The van der Waals surface area contributed by atoms with Crippen molar-refractivity contribution in [2.75, 3.05) is 39.0 Å². The van der Waals surface area contributed by atoms with Gasteiger partial charge in [-0.3, -0.25) is 9.59 Å². The lowest BCUT2D eigenvalue weighted by Crippen LogP contribution is -2.50. The summed E-state index contributed by atoms with van der Waals surface area (Å²) in [6, 6.07) is 6.12. The van der Waals surface area contributed by atoms with Crippen molar-refractivity contribution in [2.24, 2.45) is 0 Å². The van der Waals surface area contributed by atoms with Crippen molar-refractivity contribution < 1.29 is 18.0 Å². The number of hydrogen-bond donors (Lipinski definition) is 2. The maximum Gasteiger partial charge on any atom is 0.243 e. The Morgan fingerprint density at radius 3 is 2.44 bits per heavy atom. The first-order chi connectivity index (χ1) is 12.2. The van der Waals surface area contributed by atoms with Crippen molar-refractivity contribution in [2.45, 2.75) is 30.7 Å². The van der Waals surface area contributed by atoms with E-state index in [1.807, 2.05) is 7.05 Å². The highest BCUT2D eigenvalue weighted by molar-refractivity contribution is 7.89. The molecule has 0 aromatic heterocycles. The molecule has 10 heteroatoms. The Kier molecular flexibility index (Phi) is 8.67. The van der Waals surface area contributed by atoms with Gasteiger partial charge in [-0.2, -0.15) is 4.31 Å². The molecule has 1 saturated heterocycles. The molecule has 1 aliphatic rings. The second-order valence-electron chi connectivity index (χ2n) is 6.43. The molecule has 0 radical (unpaired) electrons. The molecule has 1 aliphatic heterocycles. The number of amides is 2. The predicted octanol–water partition coefficient (Wildman–Crippen LogP) is 0.898. The lowest BCUT2D eigenvalue weighted by atomic mass is 10.1. The summed E-state index contributed by atoms with van der Waals surface area (Å²) in [4.78, 5) is 25.3. The second kappa shape index (κ2) is 10.0. The minimum absolute atomic E-state index is 0. The van der Waals surface area contributed by atoms with Crippen LogP contribution in [-0.2, 0) is 19.6 Å². The van der Waals surface area contributed by atoms with Crippen molar-refractivity contribution in [3.63, 3.8) is 0 Å². The average molecular weight is 419 g/mol. The quantitative estimate of drug-likeness (QED) is 0.715. The van der Waals surface area contributed by atoms with Gasteiger partial charge >= 0.3 is 0 Å². The van der Waals surface area contributed by atoms with Crippen LogP contribution in [0.25, 0.3) is 0 Å². The van der Waals surface area contributed by atoms with Gasteiger partial charge < -0.3 is 15.5 Å². The summed E-state index contributed by atoms with van der Waals surface area (Å²) in [7, 11) is -0.521. The van der Waals surface area contributed by atoms with E-state index in [0.717, 1.165) is 17.1 Å². The summed E-state index contributed by atoms with van der Waals surface area (Å²) in [5, 5.41) is 5.74. The van der Waals surface area contributed by atoms with E-state index in [9.17, 15) is 18.0 Å². The molecular formula is C17H27ClN4O4S. The zero-order chi connectivity index (χ0) is 19.3. The van der Waals surface area contributed by atoms with E-state index < -0.39 is 10.0 Å². The highest BCUT2D eigenvalue weighted by atomic mass is 35.5. The van der Waals surface area contributed by atoms with Crippen LogP contribution in [0, 0.1) is 0 Å². The van der Waals surface area contributed by atoms with E-state index in [-0.39, 0.29) is 41.7 Å². The van der Waals surface area contributed by atoms with Crippen LogP contribution in [0.1, 0.15) is 19.8 Å². The SMILES string of the molecule is CNC1CCCN(C(=O)CN(C)S(=O)(=O)c2ccc(NC(C)=O)cc2)C1.Cl. The molecule has 1 aromatic rings. The van der Waals surface area contributed by atoms with Gasteiger partial charge in [0.1, 0.15) is 0 Å². The zero-order valence-corrected chi connectivity index (χ0v) is 17.4. The first kappa shape index (κ1) is 23.4. The fraction of sp³-hybridized carbons (Fsp3) is 0.529. The fourth-order valence-electron chi connectivity index (χ4n) is 2.91. The van der Waals surface area contributed by atoms with Crippen LogP contribution in [0.15, 0.2) is 29.2 Å². The first-order valence-electron chi connectivity index (χ1n) is 8.53. The molecule has 1 atom stereocenters. The molecule has 8 nitrogen and oxygen atoms in total. The summed E-state index contributed by atoms with van der Waals surface area (Å²) in [5.41, 5.74) is 0.515. The van der Waals surface area contributed by atoms with Crippen molar-refractivity contribution in [1.82, 2.24) is 14.5 Å². The molecule has 1 aromatic carbocycles. The maximum absolute atomic E-state index is 12.7. The lowest BCUT2D eigenvalue weighted by Gasteiger charge is -2.33. The summed E-state index contributed by atoms with van der Waals surface area (Å²) >= 11 is 0. The number of likely N-dealkylation sites (tertiary alicyclic amines) is 1. The number of sulfonamides is 1. The normalized spacial score (nSPS) is 17.3. The average Bonchev–Trinajstić information content (AvgIpc) is 2.61. The molecule has 27 heavy (non-hydrogen) atoms. The van der Waals surface area contributed by atoms with E-state index in [0.29, 0.717) is 18.8 Å². The molecule has 152 valence electrons. The molecule has 0 spiro atoms. The number of nitrogens with zero attached hydrogens (tertiary/aromatic N) is 2. The van der Waals surface area contributed by atoms with E-state index in [1.165, 1.54) is 38.2 Å². The minimum Gasteiger partial charge on any atom is -0.340 e. The molecular weight excluding hydrogens is 392 g/mol. The summed E-state index contributed by atoms with van der Waals surface area (Å²) in [6.45, 7) is 2.42. The molecule has 1 unspecified atom stereocenters. The van der Waals surface area contributed by atoms with Crippen LogP contribution in [0.4, 0.5) is 5.69 Å². The van der Waals surface area contributed by atoms with Crippen LogP contribution in [0.2, 0.25) is 0 Å². The van der Waals surface area contributed by atoms with Gasteiger partial charge in [-0.1, -0.05) is 0 Å². The number of benzene rings is 1. The summed E-state index contributed by atoms with van der Waals surface area (Å²) in [6.07, 6.45) is 1.91. The van der Waals surface area contributed by atoms with E-state index in [1.54, 1.807) is 4.90 Å². The van der Waals surface area contributed by atoms with Gasteiger partial charge in [0.25, 0.3) is 0 Å². The Morgan fingerprint density at radius 1 is 1.26 bits per heavy atom. The van der Waals surface area contributed by atoms with Crippen molar-refractivity contribution in [3.8, 4) is 0 Å². The van der Waals surface area contributed by atoms with Crippen LogP contribution in [0.3, 0.4) is 0 Å². The molecule has 2 amide bonds. The zero-order valence-electron chi connectivity index (χ0n) is 15.8. The van der Waals surface area contributed by atoms with Gasteiger partial charge in [0.05, 0.1) is 11.4 Å². The number of carbonyl (C=O) groups excluding carboxylic acids is 2. The number of rotatable bonds is 6. The third-order valence-electron chi connectivity index (χ3n) is 4.42. The van der Waals surface area contributed by atoms with E-state index >= 15 is 0 Å². The van der Waals surface area contributed by atoms with Crippen molar-refractivity contribution >= 4 is 39.9 Å². The fourth-order valence-corrected chi connectivity index (χ4v) is 4.03. The van der Waals surface area contributed by atoms with E-state index in [4.69, 9.17) is 0 Å². The molecule has 1 heterocycles. The highest BCUT2D eigenvalue weighted by Crippen LogP contribution is 2.18. The van der Waals surface area contributed by atoms with Crippen molar-refractivity contribution in [3.05, 3.63) is 24.3 Å². The number of carbonyl (C=O) groups is 2. The van der Waals surface area contributed by atoms with Gasteiger partial charge in [-0.25, -0.2) is 8.42 Å². The van der Waals surface area contributed by atoms with E-state index in [2.05, 4.69) is 10.6 Å². The molecule has 1 fully saturated rings. The maximum atomic E-state index is 12.7. The monoisotopic (exact) mass is 418 g/mol. The Bertz CT molecular complexity index is 755. The predicted molar refractivity (Wildman–Crippen MR) is 106 cm³/mol. The van der Waals surface area contributed by atoms with Gasteiger partial charge in [0.2, 0.25) is 21.8 Å². The topological polar surface area (TPSA) is 98.8 Å². The molecule has 0 saturated carbocycles. The minimum atomic E-state index is -3.78. The van der Waals surface area contributed by atoms with Gasteiger partial charge in [0.15, 0.2) is 0 Å². The molecule has 2 rings (SSSR count). The third-order valence-corrected chi connectivity index (χ3v) is 6.24. The lowest BCUT2D eigenvalue weighted by molar-refractivity contribution is -0.132. The standard InChI is InChI=1S/C17H26N4O4S.ClH/c1-13(22)19-14-6-8-16(9-7-14)26(24,25)20(3)12-17(23)21-10-4-5-15(11-21)18-2;/h6-9,15,18H,4-5,10-12H2,1-3H3,(H,19,22);1H. The van der Waals surface area contributed by atoms with Crippen LogP contribution < -0.4 is 10.6 Å². The molecule has 0 bridgehead atoms. The number of nitrogens with one attached hydrogen (secondary N) is 2. The summed E-state index contributed by atoms with van der Waals surface area (Å²) in [5.74, 6) is -0.435. The number of anilines is 1. The number of piperidine rings is 1.